The minimum Gasteiger partial charge on any atom is -0.507 e. The second kappa shape index (κ2) is 5.20. The fourth-order valence-corrected chi connectivity index (χ4v) is 2.46. The lowest BCUT2D eigenvalue weighted by molar-refractivity contribution is 0.0695. The fraction of sp³-hybridized carbons (Fsp3) is 0. The van der Waals surface area contributed by atoms with Crippen molar-refractivity contribution < 1.29 is 15.0 Å². The molecule has 0 saturated heterocycles. The zero-order valence-corrected chi connectivity index (χ0v) is 11.9. The number of rotatable bonds is 2. The van der Waals surface area contributed by atoms with Crippen LogP contribution in [0.3, 0.4) is 0 Å². The monoisotopic (exact) mass is 315 g/mol. The topological polar surface area (TPSA) is 90.4 Å². The van der Waals surface area contributed by atoms with Crippen molar-refractivity contribution in [1.82, 2.24) is 4.98 Å². The van der Waals surface area contributed by atoms with Gasteiger partial charge >= 0.3 is 5.97 Å². The van der Waals surface area contributed by atoms with Crippen LogP contribution in [0.4, 0.5) is 0 Å². The van der Waals surface area contributed by atoms with E-state index in [0.29, 0.717) is 21.7 Å². The zero-order valence-electron chi connectivity index (χ0n) is 11.1. The van der Waals surface area contributed by atoms with Gasteiger partial charge in [0.2, 0.25) is 5.43 Å². The largest absolute Gasteiger partial charge is 0.507 e. The fourth-order valence-electron chi connectivity index (χ4n) is 2.29. The SMILES string of the molecule is O=C(O)c1c[nH]c2cc(-c3cc(Cl)ccc3O)ccc2c1=O. The molecule has 3 N–H and O–H groups in total. The van der Waals surface area contributed by atoms with E-state index in [1.54, 1.807) is 24.3 Å². The lowest BCUT2D eigenvalue weighted by Crippen LogP contribution is -2.15. The van der Waals surface area contributed by atoms with Crippen molar-refractivity contribution in [2.45, 2.75) is 0 Å². The highest BCUT2D eigenvalue weighted by Gasteiger charge is 2.13. The number of benzene rings is 2. The smallest absolute Gasteiger partial charge is 0.341 e. The van der Waals surface area contributed by atoms with Crippen molar-refractivity contribution in [3.8, 4) is 16.9 Å². The predicted molar refractivity (Wildman–Crippen MR) is 83.6 cm³/mol. The Morgan fingerprint density at radius 2 is 1.91 bits per heavy atom. The molecule has 0 aliphatic carbocycles. The summed E-state index contributed by atoms with van der Waals surface area (Å²) in [6.07, 6.45) is 1.16. The van der Waals surface area contributed by atoms with Gasteiger partial charge in [-0.2, -0.15) is 0 Å². The van der Waals surface area contributed by atoms with Gasteiger partial charge in [-0.1, -0.05) is 17.7 Å². The van der Waals surface area contributed by atoms with Crippen LogP contribution in [0, 0.1) is 0 Å². The molecule has 0 amide bonds. The summed E-state index contributed by atoms with van der Waals surface area (Å²) >= 11 is 5.93. The normalized spacial score (nSPS) is 10.8. The van der Waals surface area contributed by atoms with Crippen LogP contribution in [-0.4, -0.2) is 21.2 Å². The summed E-state index contributed by atoms with van der Waals surface area (Å²) in [6, 6.07) is 9.49. The summed E-state index contributed by atoms with van der Waals surface area (Å²) in [5.74, 6) is -1.21. The molecule has 110 valence electrons. The van der Waals surface area contributed by atoms with Crippen LogP contribution >= 0.6 is 11.6 Å². The molecule has 6 heteroatoms. The van der Waals surface area contributed by atoms with Crippen LogP contribution in [0.5, 0.6) is 5.75 Å². The van der Waals surface area contributed by atoms with Crippen molar-refractivity contribution in [1.29, 1.82) is 0 Å². The van der Waals surface area contributed by atoms with E-state index in [1.807, 2.05) is 0 Å². The Balaban J connectivity index is 2.23. The molecule has 0 radical (unpaired) electrons. The number of hydrogen-bond donors (Lipinski definition) is 3. The first kappa shape index (κ1) is 14.2. The molecular weight excluding hydrogens is 306 g/mol. The van der Waals surface area contributed by atoms with Crippen LogP contribution in [-0.2, 0) is 0 Å². The predicted octanol–water partition coefficient (Wildman–Crippen LogP) is 3.25. The number of aromatic amines is 1. The number of phenolic OH excluding ortho intramolecular Hbond substituents is 1. The molecule has 0 unspecified atom stereocenters. The second-order valence-corrected chi connectivity index (χ2v) is 5.19. The number of hydrogen-bond acceptors (Lipinski definition) is 3. The van der Waals surface area contributed by atoms with E-state index in [0.717, 1.165) is 6.20 Å². The van der Waals surface area contributed by atoms with Gasteiger partial charge in [0.15, 0.2) is 0 Å². The third-order valence-electron chi connectivity index (χ3n) is 3.38. The first-order chi connectivity index (χ1) is 10.5. The molecule has 3 rings (SSSR count). The summed E-state index contributed by atoms with van der Waals surface area (Å²) in [5.41, 5.74) is 0.796. The van der Waals surface area contributed by atoms with Gasteiger partial charge in [0.25, 0.3) is 0 Å². The van der Waals surface area contributed by atoms with Crippen molar-refractivity contribution in [2.24, 2.45) is 0 Å². The number of halogens is 1. The number of H-pyrrole nitrogens is 1. The molecule has 22 heavy (non-hydrogen) atoms. The Hall–Kier alpha value is -2.79. The summed E-state index contributed by atoms with van der Waals surface area (Å²) in [4.78, 5) is 25.8. The Labute approximate surface area is 129 Å². The Kier molecular flexibility index (Phi) is 3.35. The van der Waals surface area contributed by atoms with Crippen LogP contribution in [0.1, 0.15) is 10.4 Å². The van der Waals surface area contributed by atoms with Crippen molar-refractivity contribution in [3.63, 3.8) is 0 Å². The number of carboxylic acids is 1. The molecule has 0 saturated carbocycles. The molecule has 0 bridgehead atoms. The summed E-state index contributed by atoms with van der Waals surface area (Å²) in [7, 11) is 0. The van der Waals surface area contributed by atoms with Crippen LogP contribution in [0.15, 0.2) is 47.4 Å². The third kappa shape index (κ3) is 2.31. The number of aromatic carboxylic acids is 1. The Bertz CT molecular complexity index is 962. The number of pyridine rings is 1. The van der Waals surface area contributed by atoms with Gasteiger partial charge in [0.1, 0.15) is 11.3 Å². The lowest BCUT2D eigenvalue weighted by Gasteiger charge is -2.07. The van der Waals surface area contributed by atoms with Gasteiger partial charge in [-0.15, -0.1) is 0 Å². The summed E-state index contributed by atoms with van der Waals surface area (Å²) < 4.78 is 0. The molecule has 0 spiro atoms. The highest BCUT2D eigenvalue weighted by Crippen LogP contribution is 2.32. The number of carbonyl (C=O) groups is 1. The minimum absolute atomic E-state index is 0.0632. The van der Waals surface area contributed by atoms with E-state index in [9.17, 15) is 14.7 Å². The maximum atomic E-state index is 12.1. The quantitative estimate of drug-likeness (QED) is 0.677. The van der Waals surface area contributed by atoms with E-state index in [4.69, 9.17) is 16.7 Å². The number of aromatic hydroxyl groups is 1. The van der Waals surface area contributed by atoms with Crippen LogP contribution < -0.4 is 5.43 Å². The zero-order chi connectivity index (χ0) is 15.9. The van der Waals surface area contributed by atoms with Gasteiger partial charge in [-0.05, 0) is 35.9 Å². The average molecular weight is 316 g/mol. The van der Waals surface area contributed by atoms with E-state index < -0.39 is 11.4 Å². The molecule has 5 nitrogen and oxygen atoms in total. The third-order valence-corrected chi connectivity index (χ3v) is 3.62. The molecule has 1 heterocycles. The van der Waals surface area contributed by atoms with E-state index in [-0.39, 0.29) is 16.7 Å². The number of nitrogens with one attached hydrogen (secondary N) is 1. The molecule has 1 aromatic heterocycles. The number of fused-ring (bicyclic) bond motifs is 1. The molecular formula is C16H10ClNO4. The maximum absolute atomic E-state index is 12.1. The van der Waals surface area contributed by atoms with Crippen molar-refractivity contribution in [3.05, 3.63) is 63.4 Å². The highest BCUT2D eigenvalue weighted by atomic mass is 35.5. The second-order valence-electron chi connectivity index (χ2n) is 4.76. The first-order valence-electron chi connectivity index (χ1n) is 6.35. The van der Waals surface area contributed by atoms with Gasteiger partial charge in [-0.25, -0.2) is 4.79 Å². The van der Waals surface area contributed by atoms with Crippen molar-refractivity contribution in [2.75, 3.05) is 0 Å². The molecule has 0 aliphatic rings. The number of aromatic nitrogens is 1. The van der Waals surface area contributed by atoms with Crippen LogP contribution in [0.25, 0.3) is 22.0 Å². The van der Waals surface area contributed by atoms with E-state index >= 15 is 0 Å². The number of carboxylic acid groups (broad SMARTS) is 1. The van der Waals surface area contributed by atoms with Gasteiger partial charge < -0.3 is 15.2 Å². The first-order valence-corrected chi connectivity index (χ1v) is 6.73. The Morgan fingerprint density at radius 1 is 1.14 bits per heavy atom. The minimum atomic E-state index is -1.28. The standard InChI is InChI=1S/C16H10ClNO4/c17-9-2-4-14(19)11(6-9)8-1-3-10-13(5-8)18-7-12(15(10)20)16(21)22/h1-7,19H,(H,18,20)(H,21,22). The highest BCUT2D eigenvalue weighted by molar-refractivity contribution is 6.31. The molecule has 2 aromatic carbocycles. The Morgan fingerprint density at radius 3 is 2.64 bits per heavy atom. The lowest BCUT2D eigenvalue weighted by atomic mass is 10.0. The van der Waals surface area contributed by atoms with Crippen LogP contribution in [0.2, 0.25) is 5.02 Å². The van der Waals surface area contributed by atoms with E-state index in [1.165, 1.54) is 12.1 Å². The maximum Gasteiger partial charge on any atom is 0.341 e. The molecule has 3 aromatic rings. The summed E-state index contributed by atoms with van der Waals surface area (Å²) in [5, 5.41) is 19.6. The number of phenols is 1. The summed E-state index contributed by atoms with van der Waals surface area (Å²) in [6.45, 7) is 0. The average Bonchev–Trinajstić information content (AvgIpc) is 2.49. The molecule has 0 atom stereocenters. The molecule has 0 aliphatic heterocycles. The van der Waals surface area contributed by atoms with Crippen molar-refractivity contribution >= 4 is 28.5 Å². The van der Waals surface area contributed by atoms with Gasteiger partial charge in [0, 0.05) is 27.7 Å². The van der Waals surface area contributed by atoms with E-state index in [2.05, 4.69) is 4.98 Å². The van der Waals surface area contributed by atoms with Gasteiger partial charge in [-0.3, -0.25) is 4.79 Å². The molecule has 0 fully saturated rings. The van der Waals surface area contributed by atoms with Gasteiger partial charge in [0.05, 0.1) is 0 Å².